The van der Waals surface area contributed by atoms with E-state index in [9.17, 15) is 22.4 Å². The zero-order valence-electron chi connectivity index (χ0n) is 16.8. The Balaban J connectivity index is 1.25. The number of carbonyl (C=O) groups is 1. The molecule has 0 unspecified atom stereocenters. The van der Waals surface area contributed by atoms with Gasteiger partial charge in [-0.15, -0.1) is 0 Å². The Morgan fingerprint density at radius 3 is 2.16 bits per heavy atom. The number of ketones is 1. The van der Waals surface area contributed by atoms with Crippen LogP contribution < -0.4 is 4.74 Å². The zero-order chi connectivity index (χ0) is 21.8. The molecule has 1 aromatic carbocycles. The number of allylic oxidation sites excluding steroid dienone is 1. The molecule has 4 aliphatic rings. The second-order valence-corrected chi connectivity index (χ2v) is 9.29. The van der Waals surface area contributed by atoms with Crippen molar-refractivity contribution in [2.24, 2.45) is 23.2 Å². The molecular formula is C24H22F4O3. The van der Waals surface area contributed by atoms with Crippen molar-refractivity contribution in [3.05, 3.63) is 59.1 Å². The molecule has 0 N–H and O–H groups in total. The van der Waals surface area contributed by atoms with Crippen LogP contribution >= 0.6 is 0 Å². The molecule has 6 rings (SSSR count). The molecule has 4 fully saturated rings. The molecule has 31 heavy (non-hydrogen) atoms. The molecule has 4 bridgehead atoms. The lowest BCUT2D eigenvalue weighted by Gasteiger charge is -2.55. The Morgan fingerprint density at radius 1 is 1.00 bits per heavy atom. The molecular weight excluding hydrogens is 412 g/mol. The van der Waals surface area contributed by atoms with Gasteiger partial charge in [-0.3, -0.25) is 4.79 Å². The van der Waals surface area contributed by atoms with Crippen molar-refractivity contribution >= 4 is 11.9 Å². The van der Waals surface area contributed by atoms with Crippen LogP contribution in [0.25, 0.3) is 6.08 Å². The zero-order valence-corrected chi connectivity index (χ0v) is 16.8. The second-order valence-electron chi connectivity index (χ2n) is 9.29. The van der Waals surface area contributed by atoms with E-state index in [1.807, 2.05) is 0 Å². The first-order valence-corrected chi connectivity index (χ1v) is 10.6. The Morgan fingerprint density at radius 2 is 1.58 bits per heavy atom. The van der Waals surface area contributed by atoms with Gasteiger partial charge in [0, 0.05) is 11.5 Å². The number of furan rings is 1. The predicted molar refractivity (Wildman–Crippen MR) is 104 cm³/mol. The van der Waals surface area contributed by atoms with Crippen molar-refractivity contribution in [1.82, 2.24) is 0 Å². The number of hydrogen-bond donors (Lipinski definition) is 0. The summed E-state index contributed by atoms with van der Waals surface area (Å²) in [5.74, 6) is -4.69. The first-order chi connectivity index (χ1) is 14.8. The Labute approximate surface area is 177 Å². The van der Waals surface area contributed by atoms with Gasteiger partial charge in [-0.05, 0) is 80.6 Å². The number of benzene rings is 1. The molecule has 0 atom stereocenters. The lowest BCUT2D eigenvalue weighted by atomic mass is 9.48. The molecule has 0 aliphatic heterocycles. The maximum absolute atomic E-state index is 13.7. The number of halogens is 4. The third-order valence-corrected chi connectivity index (χ3v) is 7.07. The number of hydrogen-bond acceptors (Lipinski definition) is 3. The molecule has 0 saturated heterocycles. The monoisotopic (exact) mass is 434 g/mol. The highest BCUT2D eigenvalue weighted by molar-refractivity contribution is 5.98. The summed E-state index contributed by atoms with van der Waals surface area (Å²) in [6.07, 6.45) is 9.85. The van der Waals surface area contributed by atoms with E-state index in [1.54, 1.807) is 18.2 Å². The number of rotatable bonds is 6. The molecule has 2 aromatic rings. The summed E-state index contributed by atoms with van der Waals surface area (Å²) in [6, 6.07) is 3.23. The fourth-order valence-electron chi connectivity index (χ4n) is 6.13. The molecule has 3 nitrogen and oxygen atoms in total. The van der Waals surface area contributed by atoms with Gasteiger partial charge in [0.15, 0.2) is 23.2 Å². The largest absolute Gasteiger partial charge is 0.479 e. The smallest absolute Gasteiger partial charge is 0.203 e. The highest BCUT2D eigenvalue weighted by atomic mass is 19.2. The van der Waals surface area contributed by atoms with Crippen LogP contribution in [-0.2, 0) is 11.4 Å². The first-order valence-electron chi connectivity index (χ1n) is 10.6. The maximum atomic E-state index is 13.7. The van der Waals surface area contributed by atoms with Gasteiger partial charge in [-0.1, -0.05) is 0 Å². The summed E-state index contributed by atoms with van der Waals surface area (Å²) in [5, 5.41) is 0. The lowest BCUT2D eigenvalue weighted by Crippen LogP contribution is -2.49. The van der Waals surface area contributed by atoms with Crippen LogP contribution in [0.15, 0.2) is 28.7 Å². The quantitative estimate of drug-likeness (QED) is 0.308. The average Bonchev–Trinajstić information content (AvgIpc) is 3.17. The van der Waals surface area contributed by atoms with Crippen LogP contribution in [0.3, 0.4) is 0 Å². The van der Waals surface area contributed by atoms with E-state index in [2.05, 4.69) is 0 Å². The van der Waals surface area contributed by atoms with Crippen molar-refractivity contribution in [3.8, 4) is 5.75 Å². The Bertz CT molecular complexity index is 994. The standard InChI is InChI=1S/C24H22F4O3/c25-18-8-19(26)22(28)23(21(18)27)30-12-17-2-1-16(31-17)3-4-20(29)24-9-13-5-14(10-24)7-15(6-13)11-24/h1-4,8,13-15H,5-7,9-12H2/b4-3+. The van der Waals surface area contributed by atoms with Gasteiger partial charge in [-0.25, -0.2) is 8.78 Å². The third-order valence-electron chi connectivity index (χ3n) is 7.07. The molecule has 0 radical (unpaired) electrons. The Hall–Kier alpha value is -2.57. The number of carbonyl (C=O) groups excluding carboxylic acids is 1. The van der Waals surface area contributed by atoms with Crippen LogP contribution in [0.2, 0.25) is 0 Å². The van der Waals surface area contributed by atoms with E-state index in [1.165, 1.54) is 25.3 Å². The van der Waals surface area contributed by atoms with Gasteiger partial charge < -0.3 is 9.15 Å². The van der Waals surface area contributed by atoms with Crippen LogP contribution in [0.4, 0.5) is 17.6 Å². The molecule has 164 valence electrons. The molecule has 4 aliphatic carbocycles. The minimum Gasteiger partial charge on any atom is -0.479 e. The van der Waals surface area contributed by atoms with E-state index < -0.39 is 35.6 Å². The maximum Gasteiger partial charge on any atom is 0.203 e. The van der Waals surface area contributed by atoms with Gasteiger partial charge >= 0.3 is 0 Å². The second kappa shape index (κ2) is 7.53. The van der Waals surface area contributed by atoms with E-state index in [-0.39, 0.29) is 23.0 Å². The van der Waals surface area contributed by atoms with Gasteiger partial charge in [0.05, 0.1) is 0 Å². The fourth-order valence-corrected chi connectivity index (χ4v) is 6.13. The number of ether oxygens (including phenoxy) is 1. The predicted octanol–water partition coefficient (Wildman–Crippen LogP) is 6.21. The summed E-state index contributed by atoms with van der Waals surface area (Å²) in [7, 11) is 0. The van der Waals surface area contributed by atoms with Gasteiger partial charge in [-0.2, -0.15) is 8.78 Å². The van der Waals surface area contributed by atoms with Gasteiger partial charge in [0.25, 0.3) is 0 Å². The van der Waals surface area contributed by atoms with E-state index in [4.69, 9.17) is 9.15 Å². The summed E-state index contributed by atoms with van der Waals surface area (Å²) >= 11 is 0. The summed E-state index contributed by atoms with van der Waals surface area (Å²) in [5.41, 5.74) is -0.236. The molecule has 0 amide bonds. The van der Waals surface area contributed by atoms with E-state index in [0.717, 1.165) is 19.3 Å². The normalized spacial score (nSPS) is 29.1. The molecule has 0 spiro atoms. The molecule has 1 aromatic heterocycles. The van der Waals surface area contributed by atoms with Crippen molar-refractivity contribution in [2.75, 3.05) is 0 Å². The first kappa shape index (κ1) is 20.3. The van der Waals surface area contributed by atoms with Crippen molar-refractivity contribution in [2.45, 2.75) is 45.1 Å². The minimum absolute atomic E-state index is 0.119. The van der Waals surface area contributed by atoms with E-state index >= 15 is 0 Å². The van der Waals surface area contributed by atoms with Gasteiger partial charge in [0.1, 0.15) is 18.1 Å². The average molecular weight is 434 g/mol. The van der Waals surface area contributed by atoms with Crippen LogP contribution in [0, 0.1) is 46.4 Å². The highest BCUT2D eigenvalue weighted by Gasteiger charge is 2.53. The van der Waals surface area contributed by atoms with Crippen molar-refractivity contribution in [1.29, 1.82) is 0 Å². The van der Waals surface area contributed by atoms with Crippen molar-refractivity contribution in [3.63, 3.8) is 0 Å². The third kappa shape index (κ3) is 3.68. The van der Waals surface area contributed by atoms with Crippen LogP contribution in [-0.4, -0.2) is 5.78 Å². The van der Waals surface area contributed by atoms with Crippen molar-refractivity contribution < 1.29 is 31.5 Å². The Kier molecular flexibility index (Phi) is 4.94. The molecule has 1 heterocycles. The van der Waals surface area contributed by atoms with Crippen LogP contribution in [0.1, 0.15) is 50.0 Å². The van der Waals surface area contributed by atoms with E-state index in [0.29, 0.717) is 23.5 Å². The topological polar surface area (TPSA) is 39.4 Å². The summed E-state index contributed by atoms with van der Waals surface area (Å²) in [4.78, 5) is 13.0. The summed E-state index contributed by atoms with van der Waals surface area (Å²) < 4.78 is 64.3. The van der Waals surface area contributed by atoms with Gasteiger partial charge in [0.2, 0.25) is 11.6 Å². The molecule has 7 heteroatoms. The fraction of sp³-hybridized carbons (Fsp3) is 0.458. The SMILES string of the molecule is O=C(/C=C/c1ccc(COc2c(F)c(F)cc(F)c2F)o1)C12CC3CC(CC(C3)C1)C2. The lowest BCUT2D eigenvalue weighted by molar-refractivity contribution is -0.138. The highest BCUT2D eigenvalue weighted by Crippen LogP contribution is 2.60. The van der Waals surface area contributed by atoms with Crippen LogP contribution in [0.5, 0.6) is 5.75 Å². The minimum atomic E-state index is -1.60. The summed E-state index contributed by atoms with van der Waals surface area (Å²) in [6.45, 7) is -0.423. The molecule has 4 saturated carbocycles.